The molecule has 0 spiro atoms. The fourth-order valence-corrected chi connectivity index (χ4v) is 4.95. The molecule has 0 aliphatic heterocycles. The van der Waals surface area contributed by atoms with Crippen molar-refractivity contribution in [1.29, 1.82) is 0 Å². The molecule has 0 fully saturated rings. The molecule has 2 aromatic heterocycles. The van der Waals surface area contributed by atoms with Crippen LogP contribution in [0, 0.1) is 6.92 Å². The second-order valence-corrected chi connectivity index (χ2v) is 8.99. The van der Waals surface area contributed by atoms with Gasteiger partial charge in [-0.3, -0.25) is 4.57 Å². The highest BCUT2D eigenvalue weighted by molar-refractivity contribution is 6.06. The summed E-state index contributed by atoms with van der Waals surface area (Å²) < 4.78 is 8.31. The first-order valence-corrected chi connectivity index (χ1v) is 11.8. The Morgan fingerprint density at radius 3 is 2.06 bits per heavy atom. The summed E-state index contributed by atoms with van der Waals surface area (Å²) in [5, 5.41) is 2.30. The highest BCUT2D eigenvalue weighted by atomic mass is 16.3. The number of furan rings is 1. The van der Waals surface area contributed by atoms with E-state index in [9.17, 15) is 0 Å². The van der Waals surface area contributed by atoms with Crippen LogP contribution in [-0.4, -0.2) is 9.55 Å². The van der Waals surface area contributed by atoms with Gasteiger partial charge in [-0.2, -0.15) is 0 Å². The van der Waals surface area contributed by atoms with Gasteiger partial charge in [0.25, 0.3) is 0 Å². The maximum atomic E-state index is 6.07. The lowest BCUT2D eigenvalue weighted by atomic mass is 10.0. The fraction of sp³-hybridized carbons (Fsp3) is 0.0312. The molecule has 0 amide bonds. The molecule has 166 valence electrons. The van der Waals surface area contributed by atoms with Crippen LogP contribution >= 0.6 is 0 Å². The first-order valence-electron chi connectivity index (χ1n) is 11.8. The monoisotopic (exact) mass is 450 g/mol. The summed E-state index contributed by atoms with van der Waals surface area (Å²) in [6.07, 6.45) is 0. The molecule has 2 heterocycles. The number of hydrogen-bond donors (Lipinski definition) is 0. The van der Waals surface area contributed by atoms with E-state index >= 15 is 0 Å². The number of aryl methyl sites for hydroxylation is 1. The Bertz CT molecular complexity index is 1840. The zero-order chi connectivity index (χ0) is 23.4. The van der Waals surface area contributed by atoms with Crippen LogP contribution in [0.3, 0.4) is 0 Å². The lowest BCUT2D eigenvalue weighted by Crippen LogP contribution is -1.97. The van der Waals surface area contributed by atoms with Crippen LogP contribution in [0.25, 0.3) is 61.2 Å². The number of para-hydroxylation sites is 1. The van der Waals surface area contributed by atoms with Crippen LogP contribution in [0.2, 0.25) is 0 Å². The number of hydrogen-bond acceptors (Lipinski definition) is 2. The van der Waals surface area contributed by atoms with Gasteiger partial charge in [-0.05, 0) is 66.6 Å². The molecule has 35 heavy (non-hydrogen) atoms. The Kier molecular flexibility index (Phi) is 4.36. The summed E-state index contributed by atoms with van der Waals surface area (Å²) in [5.41, 5.74) is 9.61. The van der Waals surface area contributed by atoms with Crippen molar-refractivity contribution >= 4 is 33.0 Å². The van der Waals surface area contributed by atoms with Gasteiger partial charge in [-0.25, -0.2) is 4.98 Å². The molecule has 0 aliphatic carbocycles. The van der Waals surface area contributed by atoms with Crippen LogP contribution in [0.5, 0.6) is 0 Å². The van der Waals surface area contributed by atoms with Crippen LogP contribution in [0.4, 0.5) is 0 Å². The molecule has 0 bridgehead atoms. The minimum atomic E-state index is 0.912. The number of aromatic nitrogens is 2. The van der Waals surface area contributed by atoms with Crippen molar-refractivity contribution in [1.82, 2.24) is 9.55 Å². The summed E-state index contributed by atoms with van der Waals surface area (Å²) in [6.45, 7) is 2.11. The Hall–Kier alpha value is -4.63. The van der Waals surface area contributed by atoms with E-state index in [4.69, 9.17) is 9.40 Å². The maximum absolute atomic E-state index is 6.07. The lowest BCUT2D eigenvalue weighted by Gasteiger charge is -2.09. The number of nitrogens with zero attached hydrogens (tertiary/aromatic N) is 2. The van der Waals surface area contributed by atoms with Crippen molar-refractivity contribution in [3.05, 3.63) is 121 Å². The third kappa shape index (κ3) is 3.24. The van der Waals surface area contributed by atoms with E-state index in [-0.39, 0.29) is 0 Å². The number of fused-ring (bicyclic) bond motifs is 4. The highest BCUT2D eigenvalue weighted by Crippen LogP contribution is 2.35. The van der Waals surface area contributed by atoms with Gasteiger partial charge >= 0.3 is 0 Å². The molecule has 5 aromatic carbocycles. The van der Waals surface area contributed by atoms with Gasteiger partial charge < -0.3 is 4.42 Å². The molecule has 3 nitrogen and oxygen atoms in total. The van der Waals surface area contributed by atoms with Crippen LogP contribution in [0.15, 0.2) is 120 Å². The summed E-state index contributed by atoms with van der Waals surface area (Å²) in [7, 11) is 0. The Balaban J connectivity index is 1.43. The van der Waals surface area contributed by atoms with Gasteiger partial charge in [-0.1, -0.05) is 72.3 Å². The van der Waals surface area contributed by atoms with E-state index in [0.717, 1.165) is 61.2 Å². The second-order valence-electron chi connectivity index (χ2n) is 8.99. The molecule has 0 radical (unpaired) electrons. The fourth-order valence-electron chi connectivity index (χ4n) is 4.95. The van der Waals surface area contributed by atoms with E-state index in [0.29, 0.717) is 0 Å². The molecule has 7 rings (SSSR count). The molecule has 0 aliphatic rings. The van der Waals surface area contributed by atoms with Crippen molar-refractivity contribution in [3.63, 3.8) is 0 Å². The zero-order valence-corrected chi connectivity index (χ0v) is 19.3. The van der Waals surface area contributed by atoms with E-state index in [1.807, 2.05) is 12.1 Å². The number of benzene rings is 5. The van der Waals surface area contributed by atoms with Crippen LogP contribution in [0.1, 0.15) is 5.56 Å². The van der Waals surface area contributed by atoms with Gasteiger partial charge in [0.2, 0.25) is 0 Å². The highest BCUT2D eigenvalue weighted by Gasteiger charge is 2.15. The molecule has 0 saturated heterocycles. The van der Waals surface area contributed by atoms with Crippen molar-refractivity contribution in [2.75, 3.05) is 0 Å². The molecule has 0 unspecified atom stereocenters. The summed E-state index contributed by atoms with van der Waals surface area (Å²) >= 11 is 0. The molecular weight excluding hydrogens is 428 g/mol. The van der Waals surface area contributed by atoms with Gasteiger partial charge in [0, 0.05) is 22.0 Å². The SMILES string of the molecule is Cc1ccc2oc3ccc(-c4ccc5c(c4)nc(-c4ccccc4)n5-c4ccccc4)cc3c2c1. The standard InChI is InChI=1S/C32H22N2O/c1-21-12-16-30-26(18-21)27-19-23(14-17-31(27)35-30)24-13-15-29-28(20-24)33-32(22-8-4-2-5-9-22)34(29)25-10-6-3-7-11-25/h2-20H,1H3. The van der Waals surface area contributed by atoms with Crippen molar-refractivity contribution < 1.29 is 4.42 Å². The molecule has 7 aromatic rings. The second kappa shape index (κ2) is 7.71. The third-order valence-corrected chi connectivity index (χ3v) is 6.66. The van der Waals surface area contributed by atoms with E-state index in [2.05, 4.69) is 115 Å². The van der Waals surface area contributed by atoms with Gasteiger partial charge in [0.05, 0.1) is 11.0 Å². The number of rotatable bonds is 3. The summed E-state index contributed by atoms with van der Waals surface area (Å²) in [4.78, 5) is 5.10. The van der Waals surface area contributed by atoms with Crippen LogP contribution < -0.4 is 0 Å². The third-order valence-electron chi connectivity index (χ3n) is 6.66. The van der Waals surface area contributed by atoms with Crippen molar-refractivity contribution in [3.8, 4) is 28.2 Å². The minimum Gasteiger partial charge on any atom is -0.456 e. The molecule has 0 saturated carbocycles. The van der Waals surface area contributed by atoms with Gasteiger partial charge in [0.1, 0.15) is 17.0 Å². The Morgan fingerprint density at radius 2 is 1.26 bits per heavy atom. The van der Waals surface area contributed by atoms with Crippen molar-refractivity contribution in [2.24, 2.45) is 0 Å². The molecular formula is C32H22N2O. The first-order chi connectivity index (χ1) is 17.2. The Morgan fingerprint density at radius 1 is 0.600 bits per heavy atom. The average molecular weight is 451 g/mol. The lowest BCUT2D eigenvalue weighted by molar-refractivity contribution is 0.669. The van der Waals surface area contributed by atoms with E-state index < -0.39 is 0 Å². The summed E-state index contributed by atoms with van der Waals surface area (Å²) in [6, 6.07) is 40.1. The molecule has 0 N–H and O–H groups in total. The zero-order valence-electron chi connectivity index (χ0n) is 19.3. The van der Waals surface area contributed by atoms with Gasteiger partial charge in [-0.15, -0.1) is 0 Å². The predicted octanol–water partition coefficient (Wildman–Crippen LogP) is 8.57. The van der Waals surface area contributed by atoms with E-state index in [1.54, 1.807) is 0 Å². The smallest absolute Gasteiger partial charge is 0.145 e. The normalized spacial score (nSPS) is 11.6. The molecule has 0 atom stereocenters. The first kappa shape index (κ1) is 19.8. The molecule has 3 heteroatoms. The quantitative estimate of drug-likeness (QED) is 0.270. The number of imidazole rings is 1. The van der Waals surface area contributed by atoms with Gasteiger partial charge in [0.15, 0.2) is 0 Å². The predicted molar refractivity (Wildman–Crippen MR) is 144 cm³/mol. The topological polar surface area (TPSA) is 31.0 Å². The average Bonchev–Trinajstić information content (AvgIpc) is 3.47. The Labute approximate surface area is 202 Å². The van der Waals surface area contributed by atoms with E-state index in [1.165, 1.54) is 5.56 Å². The minimum absolute atomic E-state index is 0.912. The largest absolute Gasteiger partial charge is 0.456 e. The van der Waals surface area contributed by atoms with Crippen LogP contribution in [-0.2, 0) is 0 Å². The summed E-state index contributed by atoms with van der Waals surface area (Å²) in [5.74, 6) is 0.940. The van der Waals surface area contributed by atoms with Crippen molar-refractivity contribution in [2.45, 2.75) is 6.92 Å². The maximum Gasteiger partial charge on any atom is 0.145 e.